The van der Waals surface area contributed by atoms with Crippen molar-refractivity contribution in [2.45, 2.75) is 141 Å². The van der Waals surface area contributed by atoms with Gasteiger partial charge in [0.1, 0.15) is 36.0 Å². The number of aliphatic hydroxyl groups is 3. The average molecular weight is 829 g/mol. The molecule has 0 aromatic carbocycles. The first-order valence-corrected chi connectivity index (χ1v) is 20.7. The lowest BCUT2D eigenvalue weighted by Gasteiger charge is -2.36. The van der Waals surface area contributed by atoms with Crippen molar-refractivity contribution in [3.8, 4) is 0 Å². The molecule has 8 N–H and O–H groups in total. The zero-order chi connectivity index (χ0) is 43.8. The van der Waals surface area contributed by atoms with Gasteiger partial charge in [-0.15, -0.1) is 0 Å². The summed E-state index contributed by atoms with van der Waals surface area (Å²) in [5, 5.41) is 51.5. The third-order valence-electron chi connectivity index (χ3n) is 11.2. The van der Waals surface area contributed by atoms with E-state index in [0.717, 1.165) is 29.1 Å². The van der Waals surface area contributed by atoms with Crippen molar-refractivity contribution in [1.29, 1.82) is 0 Å². The van der Waals surface area contributed by atoms with Gasteiger partial charge in [-0.05, 0) is 50.3 Å². The Kier molecular flexibility index (Phi) is 19.3. The van der Waals surface area contributed by atoms with Gasteiger partial charge in [0, 0.05) is 38.4 Å². The number of hydrogen-bond acceptors (Lipinski definition) is 10. The zero-order valence-corrected chi connectivity index (χ0v) is 35.0. The van der Waals surface area contributed by atoms with Gasteiger partial charge in [0.2, 0.25) is 35.4 Å². The average Bonchev–Trinajstić information content (AvgIpc) is 3.19. The summed E-state index contributed by atoms with van der Waals surface area (Å²) in [4.78, 5) is 93.9. The third-order valence-corrected chi connectivity index (χ3v) is 11.2. The second kappa shape index (κ2) is 23.5. The molecule has 17 nitrogen and oxygen atoms in total. The van der Waals surface area contributed by atoms with Crippen molar-refractivity contribution in [2.75, 3.05) is 27.2 Å². The van der Waals surface area contributed by atoms with Gasteiger partial charge in [0.25, 0.3) is 0 Å². The summed E-state index contributed by atoms with van der Waals surface area (Å²) in [7, 11) is 2.74. The van der Waals surface area contributed by atoms with Gasteiger partial charge in [-0.2, -0.15) is 0 Å². The van der Waals surface area contributed by atoms with Crippen molar-refractivity contribution in [3.05, 3.63) is 46.8 Å². The van der Waals surface area contributed by atoms with Crippen molar-refractivity contribution in [1.82, 2.24) is 31.1 Å². The van der Waals surface area contributed by atoms with E-state index in [1.54, 1.807) is 12.2 Å². The van der Waals surface area contributed by atoms with Gasteiger partial charge < -0.3 is 51.5 Å². The molecule has 1 heterocycles. The number of nitrogens with zero attached hydrogens (tertiary/aromatic N) is 2. The highest BCUT2D eigenvalue weighted by Crippen LogP contribution is 2.36. The Labute approximate surface area is 346 Å². The van der Waals surface area contributed by atoms with Crippen molar-refractivity contribution >= 4 is 41.4 Å². The maximum Gasteiger partial charge on any atom is 0.326 e. The van der Waals surface area contributed by atoms with Crippen LogP contribution in [0.3, 0.4) is 0 Å². The summed E-state index contributed by atoms with van der Waals surface area (Å²) < 4.78 is 0. The lowest BCUT2D eigenvalue weighted by Crippen LogP contribution is -2.58. The summed E-state index contributed by atoms with van der Waals surface area (Å²) in [5.74, 6) is -6.40. The first-order valence-electron chi connectivity index (χ1n) is 20.7. The van der Waals surface area contributed by atoms with Crippen molar-refractivity contribution in [3.63, 3.8) is 0 Å². The van der Waals surface area contributed by atoms with Crippen molar-refractivity contribution < 1.29 is 54.0 Å². The molecule has 0 fully saturated rings. The van der Waals surface area contributed by atoms with Crippen molar-refractivity contribution in [2.24, 2.45) is 5.92 Å². The van der Waals surface area contributed by atoms with E-state index in [1.165, 1.54) is 72.2 Å². The van der Waals surface area contributed by atoms with E-state index in [1.807, 2.05) is 0 Å². The Bertz CT molecular complexity index is 1670. The predicted octanol–water partition coefficient (Wildman–Crippen LogP) is 1.66. The van der Waals surface area contributed by atoms with Crippen LogP contribution in [-0.4, -0.2) is 135 Å². The molecule has 0 saturated carbocycles. The number of carbonyl (C=O) groups is 7. The monoisotopic (exact) mass is 828 g/mol. The number of unbranched alkanes of at least 4 members (excludes halogenated alkanes) is 8. The molecule has 0 radical (unpaired) electrons. The summed E-state index contributed by atoms with van der Waals surface area (Å²) in [6.45, 7) is 3.62. The van der Waals surface area contributed by atoms with Crippen LogP contribution in [0.2, 0.25) is 0 Å². The van der Waals surface area contributed by atoms with E-state index >= 15 is 0 Å². The van der Waals surface area contributed by atoms with Crippen LogP contribution in [-0.2, 0) is 33.6 Å². The van der Waals surface area contributed by atoms with Gasteiger partial charge in [-0.3, -0.25) is 28.8 Å². The zero-order valence-electron chi connectivity index (χ0n) is 35.0. The molecular weight excluding hydrogens is 764 g/mol. The highest BCUT2D eigenvalue weighted by Gasteiger charge is 2.39. The van der Waals surface area contributed by atoms with Crippen LogP contribution < -0.4 is 21.3 Å². The molecule has 6 amide bonds. The minimum atomic E-state index is -1.37. The number of allylic oxidation sites excluding steroid dienone is 2. The van der Waals surface area contributed by atoms with Gasteiger partial charge in [-0.25, -0.2) is 4.79 Å². The lowest BCUT2D eigenvalue weighted by atomic mass is 9.79. The lowest BCUT2D eigenvalue weighted by molar-refractivity contribution is -0.143. The molecule has 3 rings (SSSR count). The fourth-order valence-electron chi connectivity index (χ4n) is 7.43. The van der Waals surface area contributed by atoms with Gasteiger partial charge in [-0.1, -0.05) is 76.5 Å². The molecule has 4 bridgehead atoms. The molecule has 7 atom stereocenters. The topological polar surface area (TPSA) is 255 Å². The Morgan fingerprint density at radius 2 is 1.56 bits per heavy atom. The minimum absolute atomic E-state index is 0.0191. The minimum Gasteiger partial charge on any atom is -0.508 e. The third kappa shape index (κ3) is 14.0. The number of amides is 6. The number of likely N-dealkylation sites (N-methyl/N-ethyl adjacent to an activating group) is 2. The summed E-state index contributed by atoms with van der Waals surface area (Å²) in [5.41, 5.74) is 1.12. The quantitative estimate of drug-likeness (QED) is 0.0870. The molecule has 0 saturated heterocycles. The number of rotatable bonds is 19. The number of aliphatic hydroxyl groups excluding tert-OH is 3. The molecule has 2 aliphatic carbocycles. The van der Waals surface area contributed by atoms with Gasteiger partial charge >= 0.3 is 5.97 Å². The Hall–Kier alpha value is -5.03. The maximum absolute atomic E-state index is 13.9. The van der Waals surface area contributed by atoms with E-state index in [4.69, 9.17) is 0 Å². The molecule has 59 heavy (non-hydrogen) atoms. The second-order valence-electron chi connectivity index (χ2n) is 15.7. The van der Waals surface area contributed by atoms with Crippen LogP contribution in [0.5, 0.6) is 0 Å². The molecule has 0 unspecified atom stereocenters. The first kappa shape index (κ1) is 48.3. The number of nitrogens with one attached hydrogen (secondary N) is 4. The molecule has 17 heteroatoms. The molecule has 328 valence electrons. The summed E-state index contributed by atoms with van der Waals surface area (Å²) in [6, 6.07) is -6.33. The molecule has 1 aliphatic heterocycles. The SMILES string of the molecule is CCCCCCCCCCCC(=O)N(C)[C@H](CO)C(=O)N[C@H](C)C(=O)NCC(=O)N(C)[C@@H]1C(=O)N[C@@H](C)C(=O)N[C@H](C(=O)O)CC2=CC[C@H](O)C(=C2)C2=C(O)C=C[C@H]1C2. The van der Waals surface area contributed by atoms with Crippen LogP contribution in [0.4, 0.5) is 0 Å². The van der Waals surface area contributed by atoms with Gasteiger partial charge in [0.15, 0.2) is 0 Å². The van der Waals surface area contributed by atoms with Crippen LogP contribution in [0.25, 0.3) is 0 Å². The molecule has 0 aromatic heterocycles. The van der Waals surface area contributed by atoms with E-state index < -0.39 is 90.9 Å². The Morgan fingerprint density at radius 3 is 2.19 bits per heavy atom. The largest absolute Gasteiger partial charge is 0.508 e. The van der Waals surface area contributed by atoms with E-state index in [2.05, 4.69) is 28.2 Å². The van der Waals surface area contributed by atoms with E-state index in [9.17, 15) is 54.0 Å². The molecule has 3 aliphatic rings. The summed E-state index contributed by atoms with van der Waals surface area (Å²) >= 11 is 0. The number of carbonyl (C=O) groups excluding carboxylic acids is 6. The summed E-state index contributed by atoms with van der Waals surface area (Å²) in [6.07, 6.45) is 14.9. The number of fused-ring (bicyclic) bond motifs is 4. The highest BCUT2D eigenvalue weighted by atomic mass is 16.4. The number of carboxylic acids is 1. The predicted molar refractivity (Wildman–Crippen MR) is 218 cm³/mol. The second-order valence-corrected chi connectivity index (χ2v) is 15.7. The standard InChI is InChI=1S/C42H64N6O11/c1-6-7-8-9-10-11-12-13-14-15-35(52)47(4)32(24-49)40(56)44-25(2)38(54)43-23-36(53)48(5)37-28-17-19-34(51)30(22-28)29-20-27(16-18-33(29)50)21-31(42(58)59)46-39(55)26(3)45-41(37)57/h16-17,19-20,25-26,28,31-33,37,49-51H,6-15,18,21-24H2,1-5H3,(H,43,54)(H,44,56)(H,45,57)(H,46,55)(H,58,59)/t25-,26+,28+,31+,32-,33+,37+/m1/s1. The van der Waals surface area contributed by atoms with Crippen LogP contribution >= 0.6 is 0 Å². The Balaban J connectivity index is 1.65. The number of carboxylic acid groups (broad SMARTS) is 1. The van der Waals surface area contributed by atoms with E-state index in [-0.39, 0.29) is 37.3 Å². The molecular formula is C42H64N6O11. The van der Waals surface area contributed by atoms with Crippen LogP contribution in [0.15, 0.2) is 46.8 Å². The maximum atomic E-state index is 13.9. The smallest absolute Gasteiger partial charge is 0.326 e. The normalized spacial score (nSPS) is 23.0. The fraction of sp³-hybridized carbons (Fsp3) is 0.643. The Morgan fingerprint density at radius 1 is 0.915 bits per heavy atom. The first-order chi connectivity index (χ1) is 28.0. The number of aliphatic carboxylic acids is 1. The van der Waals surface area contributed by atoms with Gasteiger partial charge in [0.05, 0.1) is 19.3 Å². The number of hydrogen-bond donors (Lipinski definition) is 8. The van der Waals surface area contributed by atoms with Crippen LogP contribution in [0.1, 0.15) is 104 Å². The molecule has 0 spiro atoms. The van der Waals surface area contributed by atoms with Crippen LogP contribution in [0, 0.1) is 5.92 Å². The fourth-order valence-corrected chi connectivity index (χ4v) is 7.43. The van der Waals surface area contributed by atoms with E-state index in [0.29, 0.717) is 23.1 Å². The molecule has 0 aromatic rings. The highest BCUT2D eigenvalue weighted by molar-refractivity contribution is 5.96.